The smallest absolute Gasteiger partial charge is 0.243 e. The van der Waals surface area contributed by atoms with Crippen molar-refractivity contribution in [3.8, 4) is 0 Å². The van der Waals surface area contributed by atoms with E-state index in [0.717, 1.165) is 22.7 Å². The second kappa shape index (κ2) is 10.7. The van der Waals surface area contributed by atoms with Gasteiger partial charge in [0.05, 0.1) is 16.3 Å². The Morgan fingerprint density at radius 1 is 0.771 bits per heavy atom. The Balaban J connectivity index is 1.59. The molecule has 1 aliphatic rings. The Hall–Kier alpha value is -3.05. The number of rotatable bonds is 9. The molecule has 1 N–H and O–H groups in total. The zero-order chi connectivity index (χ0) is 24.9. The average molecular weight is 514 g/mol. The minimum absolute atomic E-state index is 0.0147. The van der Waals surface area contributed by atoms with Crippen LogP contribution < -0.4 is 5.32 Å². The molecule has 3 aromatic carbocycles. The van der Waals surface area contributed by atoms with Gasteiger partial charge in [-0.2, -0.15) is 8.61 Å². The van der Waals surface area contributed by atoms with Crippen LogP contribution in [0.25, 0.3) is 0 Å². The summed E-state index contributed by atoms with van der Waals surface area (Å²) < 4.78 is 55.2. The third kappa shape index (κ3) is 5.96. The first-order chi connectivity index (χ1) is 16.8. The van der Waals surface area contributed by atoms with Gasteiger partial charge >= 0.3 is 0 Å². The number of anilines is 1. The lowest BCUT2D eigenvalue weighted by molar-refractivity contribution is -0.116. The molecule has 0 aliphatic carbocycles. The average Bonchev–Trinajstić information content (AvgIpc) is 3.41. The SMILES string of the molecule is O=C(CN(Cc1ccccc1)S(=O)(=O)c1ccc(S(=O)(=O)N2CCCC2)cc1)Nc1ccccc1. The summed E-state index contributed by atoms with van der Waals surface area (Å²) in [4.78, 5) is 12.7. The second-order valence-corrected chi connectivity index (χ2v) is 12.1. The van der Waals surface area contributed by atoms with Crippen molar-refractivity contribution in [1.29, 1.82) is 0 Å². The van der Waals surface area contributed by atoms with E-state index in [0.29, 0.717) is 18.8 Å². The lowest BCUT2D eigenvalue weighted by Crippen LogP contribution is -2.37. The molecule has 8 nitrogen and oxygen atoms in total. The van der Waals surface area contributed by atoms with E-state index in [1.165, 1.54) is 28.6 Å². The molecule has 184 valence electrons. The first-order valence-corrected chi connectivity index (χ1v) is 14.1. The van der Waals surface area contributed by atoms with Crippen LogP contribution in [0.1, 0.15) is 18.4 Å². The summed E-state index contributed by atoms with van der Waals surface area (Å²) in [7, 11) is -7.77. The molecule has 0 spiro atoms. The van der Waals surface area contributed by atoms with Crippen LogP contribution in [0.4, 0.5) is 5.69 Å². The normalized spacial score (nSPS) is 14.8. The number of carbonyl (C=O) groups excluding carboxylic acids is 1. The number of carbonyl (C=O) groups is 1. The summed E-state index contributed by atoms with van der Waals surface area (Å²) in [6.07, 6.45) is 1.62. The van der Waals surface area contributed by atoms with Crippen LogP contribution in [0.3, 0.4) is 0 Å². The third-order valence-corrected chi connectivity index (χ3v) is 9.46. The first-order valence-electron chi connectivity index (χ1n) is 11.3. The van der Waals surface area contributed by atoms with Gasteiger partial charge in [-0.25, -0.2) is 16.8 Å². The Morgan fingerprint density at radius 3 is 1.91 bits per heavy atom. The molecule has 0 aromatic heterocycles. The summed E-state index contributed by atoms with van der Waals surface area (Å²) in [5.41, 5.74) is 1.28. The molecule has 1 fully saturated rings. The fourth-order valence-electron chi connectivity index (χ4n) is 3.91. The van der Waals surface area contributed by atoms with E-state index < -0.39 is 32.5 Å². The number of hydrogen-bond acceptors (Lipinski definition) is 5. The van der Waals surface area contributed by atoms with Crippen LogP contribution in [0.15, 0.2) is 94.7 Å². The predicted molar refractivity (Wildman–Crippen MR) is 134 cm³/mol. The molecule has 0 atom stereocenters. The molecular weight excluding hydrogens is 486 g/mol. The van der Waals surface area contributed by atoms with Crippen molar-refractivity contribution in [3.05, 3.63) is 90.5 Å². The lowest BCUT2D eigenvalue weighted by Gasteiger charge is -2.22. The van der Waals surface area contributed by atoms with Gasteiger partial charge in [0, 0.05) is 25.3 Å². The Bertz CT molecular complexity index is 1360. The number of amides is 1. The van der Waals surface area contributed by atoms with Gasteiger partial charge in [0.1, 0.15) is 0 Å². The molecule has 4 rings (SSSR count). The fraction of sp³-hybridized carbons (Fsp3) is 0.240. The highest BCUT2D eigenvalue weighted by Gasteiger charge is 2.30. The lowest BCUT2D eigenvalue weighted by atomic mass is 10.2. The fourth-order valence-corrected chi connectivity index (χ4v) is 6.81. The van der Waals surface area contributed by atoms with Crippen molar-refractivity contribution in [1.82, 2.24) is 8.61 Å². The van der Waals surface area contributed by atoms with Gasteiger partial charge in [-0.3, -0.25) is 4.79 Å². The molecule has 1 aliphatic heterocycles. The third-order valence-electron chi connectivity index (χ3n) is 5.74. The zero-order valence-corrected chi connectivity index (χ0v) is 20.7. The van der Waals surface area contributed by atoms with E-state index in [2.05, 4.69) is 5.32 Å². The molecule has 1 heterocycles. The molecule has 1 saturated heterocycles. The van der Waals surface area contributed by atoms with E-state index >= 15 is 0 Å². The van der Waals surface area contributed by atoms with E-state index in [9.17, 15) is 21.6 Å². The Kier molecular flexibility index (Phi) is 7.66. The minimum Gasteiger partial charge on any atom is -0.325 e. The highest BCUT2D eigenvalue weighted by atomic mass is 32.2. The maximum absolute atomic E-state index is 13.5. The molecule has 35 heavy (non-hydrogen) atoms. The number of hydrogen-bond donors (Lipinski definition) is 1. The first kappa shape index (κ1) is 25.1. The monoisotopic (exact) mass is 513 g/mol. The summed E-state index contributed by atoms with van der Waals surface area (Å²) in [6, 6.07) is 22.9. The summed E-state index contributed by atoms with van der Waals surface area (Å²) in [5, 5.41) is 2.71. The molecule has 3 aromatic rings. The van der Waals surface area contributed by atoms with Crippen molar-refractivity contribution in [2.24, 2.45) is 0 Å². The van der Waals surface area contributed by atoms with Crippen LogP contribution in [0, 0.1) is 0 Å². The highest BCUT2D eigenvalue weighted by molar-refractivity contribution is 7.89. The topological polar surface area (TPSA) is 104 Å². The van der Waals surface area contributed by atoms with E-state index in [4.69, 9.17) is 0 Å². The van der Waals surface area contributed by atoms with E-state index in [-0.39, 0.29) is 16.3 Å². The molecule has 0 radical (unpaired) electrons. The molecule has 0 saturated carbocycles. The van der Waals surface area contributed by atoms with Crippen LogP contribution >= 0.6 is 0 Å². The molecule has 10 heteroatoms. The zero-order valence-electron chi connectivity index (χ0n) is 19.1. The van der Waals surface area contributed by atoms with Gasteiger partial charge in [0.25, 0.3) is 0 Å². The van der Waals surface area contributed by atoms with Gasteiger partial charge in [0.2, 0.25) is 26.0 Å². The largest absolute Gasteiger partial charge is 0.325 e. The number of nitrogens with one attached hydrogen (secondary N) is 1. The van der Waals surface area contributed by atoms with Crippen LogP contribution in [-0.4, -0.2) is 51.0 Å². The van der Waals surface area contributed by atoms with Crippen LogP contribution in [-0.2, 0) is 31.4 Å². The molecular formula is C25H27N3O5S2. The Labute approximate surface area is 206 Å². The molecule has 1 amide bonds. The van der Waals surface area contributed by atoms with Crippen molar-refractivity contribution in [2.75, 3.05) is 25.0 Å². The van der Waals surface area contributed by atoms with Gasteiger partial charge in [-0.05, 0) is 54.8 Å². The van der Waals surface area contributed by atoms with Crippen molar-refractivity contribution >= 4 is 31.6 Å². The van der Waals surface area contributed by atoms with Crippen molar-refractivity contribution < 1.29 is 21.6 Å². The number of para-hydroxylation sites is 1. The number of sulfonamides is 2. The highest BCUT2D eigenvalue weighted by Crippen LogP contribution is 2.24. The van der Waals surface area contributed by atoms with Gasteiger partial charge in [-0.15, -0.1) is 0 Å². The van der Waals surface area contributed by atoms with Crippen molar-refractivity contribution in [2.45, 2.75) is 29.2 Å². The number of benzene rings is 3. The summed E-state index contributed by atoms with van der Waals surface area (Å²) in [6.45, 7) is 0.507. The molecule has 0 unspecified atom stereocenters. The van der Waals surface area contributed by atoms with Gasteiger partial charge in [-0.1, -0.05) is 48.5 Å². The standard InChI is InChI=1S/C25H27N3O5S2/c29-25(26-22-11-5-2-6-12-22)20-28(19-21-9-3-1-4-10-21)35(32,33)24-15-13-23(14-16-24)34(30,31)27-17-7-8-18-27/h1-6,9-16H,7-8,17-20H2,(H,26,29). The maximum atomic E-state index is 13.5. The number of nitrogens with zero attached hydrogens (tertiary/aromatic N) is 2. The quantitative estimate of drug-likeness (QED) is 0.473. The predicted octanol–water partition coefficient (Wildman–Crippen LogP) is 3.30. The summed E-state index contributed by atoms with van der Waals surface area (Å²) in [5.74, 6) is -0.482. The second-order valence-electron chi connectivity index (χ2n) is 8.26. The summed E-state index contributed by atoms with van der Waals surface area (Å²) >= 11 is 0. The molecule has 0 bridgehead atoms. The van der Waals surface area contributed by atoms with Gasteiger partial charge in [0.15, 0.2) is 0 Å². The maximum Gasteiger partial charge on any atom is 0.243 e. The van der Waals surface area contributed by atoms with E-state index in [1.54, 1.807) is 48.5 Å². The van der Waals surface area contributed by atoms with Crippen molar-refractivity contribution in [3.63, 3.8) is 0 Å². The van der Waals surface area contributed by atoms with Gasteiger partial charge < -0.3 is 5.32 Å². The minimum atomic E-state index is -4.10. The van der Waals surface area contributed by atoms with Crippen LogP contribution in [0.2, 0.25) is 0 Å². The Morgan fingerprint density at radius 2 is 1.31 bits per heavy atom. The van der Waals surface area contributed by atoms with E-state index in [1.807, 2.05) is 12.1 Å². The van der Waals surface area contributed by atoms with Crippen LogP contribution in [0.5, 0.6) is 0 Å².